The Labute approximate surface area is 112 Å². The topological polar surface area (TPSA) is 40.5 Å². The minimum Gasteiger partial charge on any atom is -0.481 e. The second kappa shape index (κ2) is 6.55. The van der Waals surface area contributed by atoms with Crippen LogP contribution in [-0.4, -0.2) is 35.1 Å². The van der Waals surface area contributed by atoms with Gasteiger partial charge in [0.05, 0.1) is 5.41 Å². The van der Waals surface area contributed by atoms with Crippen LogP contribution in [0.3, 0.4) is 0 Å². The Morgan fingerprint density at radius 2 is 1.94 bits per heavy atom. The minimum absolute atomic E-state index is 0.569. The standard InChI is InChI=1S/C15H29NO2/c1-12-7-8-13(2)16(11-12)10-6-5-9-15(3,4)14(17)18/h12-13H,5-11H2,1-4H3,(H,17,18). The molecule has 0 amide bonds. The minimum atomic E-state index is -0.678. The fraction of sp³-hybridized carbons (Fsp3) is 0.933. The quantitative estimate of drug-likeness (QED) is 0.740. The molecule has 106 valence electrons. The van der Waals surface area contributed by atoms with E-state index in [4.69, 9.17) is 5.11 Å². The number of carboxylic acids is 1. The third-order valence-electron chi connectivity index (χ3n) is 4.32. The van der Waals surface area contributed by atoms with Crippen molar-refractivity contribution in [1.29, 1.82) is 0 Å². The van der Waals surface area contributed by atoms with E-state index in [1.54, 1.807) is 0 Å². The highest BCUT2D eigenvalue weighted by Crippen LogP contribution is 2.25. The van der Waals surface area contributed by atoms with Crippen LogP contribution in [0.1, 0.15) is 59.8 Å². The molecular weight excluding hydrogens is 226 g/mol. The zero-order chi connectivity index (χ0) is 13.8. The molecule has 3 nitrogen and oxygen atoms in total. The van der Waals surface area contributed by atoms with Crippen LogP contribution >= 0.6 is 0 Å². The Bertz CT molecular complexity index is 276. The summed E-state index contributed by atoms with van der Waals surface area (Å²) in [6.07, 6.45) is 5.57. The van der Waals surface area contributed by atoms with Crippen molar-refractivity contribution in [3.05, 3.63) is 0 Å². The summed E-state index contributed by atoms with van der Waals surface area (Å²) in [6.45, 7) is 10.6. The normalized spacial score (nSPS) is 26.2. The fourth-order valence-electron chi connectivity index (χ4n) is 2.68. The highest BCUT2D eigenvalue weighted by Gasteiger charge is 2.27. The smallest absolute Gasteiger partial charge is 0.309 e. The predicted molar refractivity (Wildman–Crippen MR) is 74.7 cm³/mol. The molecule has 18 heavy (non-hydrogen) atoms. The molecule has 1 saturated heterocycles. The zero-order valence-electron chi connectivity index (χ0n) is 12.4. The number of aliphatic carboxylic acids is 1. The van der Waals surface area contributed by atoms with Gasteiger partial charge in [-0.05, 0) is 58.9 Å². The molecule has 0 aromatic carbocycles. The first kappa shape index (κ1) is 15.5. The molecule has 3 heteroatoms. The van der Waals surface area contributed by atoms with Crippen molar-refractivity contribution in [2.75, 3.05) is 13.1 Å². The Morgan fingerprint density at radius 3 is 2.56 bits per heavy atom. The van der Waals surface area contributed by atoms with Crippen molar-refractivity contribution in [2.45, 2.75) is 65.8 Å². The molecular formula is C15H29NO2. The zero-order valence-corrected chi connectivity index (χ0v) is 12.4. The fourth-order valence-corrected chi connectivity index (χ4v) is 2.68. The second-order valence-electron chi connectivity index (χ2n) is 6.67. The van der Waals surface area contributed by atoms with E-state index < -0.39 is 11.4 Å². The largest absolute Gasteiger partial charge is 0.481 e. The SMILES string of the molecule is CC1CCC(C)N(CCCCC(C)(C)C(=O)O)C1. The number of carbonyl (C=O) groups is 1. The third-order valence-corrected chi connectivity index (χ3v) is 4.32. The molecule has 0 bridgehead atoms. The van der Waals surface area contributed by atoms with Gasteiger partial charge in [0.25, 0.3) is 0 Å². The molecule has 1 heterocycles. The number of hydrogen-bond acceptors (Lipinski definition) is 2. The Kier molecular flexibility index (Phi) is 5.64. The van der Waals surface area contributed by atoms with Crippen molar-refractivity contribution in [3.8, 4) is 0 Å². The lowest BCUT2D eigenvalue weighted by Gasteiger charge is -2.36. The molecule has 1 N–H and O–H groups in total. The summed E-state index contributed by atoms with van der Waals surface area (Å²) in [7, 11) is 0. The summed E-state index contributed by atoms with van der Waals surface area (Å²) in [5.74, 6) is 0.138. The summed E-state index contributed by atoms with van der Waals surface area (Å²) in [6, 6.07) is 0.702. The number of carboxylic acid groups (broad SMARTS) is 1. The molecule has 0 radical (unpaired) electrons. The average molecular weight is 255 g/mol. The van der Waals surface area contributed by atoms with Gasteiger partial charge in [0, 0.05) is 12.6 Å². The van der Waals surface area contributed by atoms with Gasteiger partial charge in [-0.3, -0.25) is 4.79 Å². The summed E-state index contributed by atoms with van der Waals surface area (Å²) in [5.41, 5.74) is -0.569. The number of rotatable bonds is 6. The molecule has 0 aliphatic carbocycles. The highest BCUT2D eigenvalue weighted by molar-refractivity contribution is 5.73. The molecule has 0 saturated carbocycles. The second-order valence-corrected chi connectivity index (χ2v) is 6.67. The van der Waals surface area contributed by atoms with Crippen molar-refractivity contribution >= 4 is 5.97 Å². The van der Waals surface area contributed by atoms with Gasteiger partial charge < -0.3 is 10.0 Å². The van der Waals surface area contributed by atoms with Gasteiger partial charge in [-0.25, -0.2) is 0 Å². The lowest BCUT2D eigenvalue weighted by atomic mass is 9.87. The van der Waals surface area contributed by atoms with Crippen LogP contribution in [0.5, 0.6) is 0 Å². The number of piperidine rings is 1. The Hall–Kier alpha value is -0.570. The van der Waals surface area contributed by atoms with Crippen molar-refractivity contribution in [2.24, 2.45) is 11.3 Å². The Balaban J connectivity index is 2.23. The van der Waals surface area contributed by atoms with Crippen LogP contribution in [0.2, 0.25) is 0 Å². The van der Waals surface area contributed by atoms with Crippen LogP contribution in [0, 0.1) is 11.3 Å². The van der Waals surface area contributed by atoms with Crippen LogP contribution < -0.4 is 0 Å². The number of nitrogens with zero attached hydrogens (tertiary/aromatic N) is 1. The molecule has 2 atom stereocenters. The van der Waals surface area contributed by atoms with Crippen LogP contribution in [0.25, 0.3) is 0 Å². The monoisotopic (exact) mass is 255 g/mol. The third kappa shape index (κ3) is 4.60. The van der Waals surface area contributed by atoms with Gasteiger partial charge in [0.15, 0.2) is 0 Å². The lowest BCUT2D eigenvalue weighted by molar-refractivity contribution is -0.147. The first-order chi connectivity index (χ1) is 8.33. The first-order valence-corrected chi connectivity index (χ1v) is 7.30. The van der Waals surface area contributed by atoms with Crippen molar-refractivity contribution < 1.29 is 9.90 Å². The number of hydrogen-bond donors (Lipinski definition) is 1. The van der Waals surface area contributed by atoms with Crippen molar-refractivity contribution in [3.63, 3.8) is 0 Å². The van der Waals surface area contributed by atoms with Gasteiger partial charge in [-0.15, -0.1) is 0 Å². The maximum Gasteiger partial charge on any atom is 0.309 e. The van der Waals surface area contributed by atoms with E-state index in [1.807, 2.05) is 13.8 Å². The van der Waals surface area contributed by atoms with E-state index in [1.165, 1.54) is 19.4 Å². The molecule has 1 rings (SSSR count). The molecule has 1 fully saturated rings. The van der Waals surface area contributed by atoms with Gasteiger partial charge in [0.1, 0.15) is 0 Å². The summed E-state index contributed by atoms with van der Waals surface area (Å²) in [4.78, 5) is 13.6. The number of unbranched alkanes of at least 4 members (excludes halogenated alkanes) is 1. The van der Waals surface area contributed by atoms with E-state index in [9.17, 15) is 4.79 Å². The summed E-state index contributed by atoms with van der Waals surface area (Å²) in [5, 5.41) is 9.06. The van der Waals surface area contributed by atoms with E-state index in [2.05, 4.69) is 18.7 Å². The predicted octanol–water partition coefficient (Wildman–Crippen LogP) is 3.39. The van der Waals surface area contributed by atoms with Gasteiger partial charge in [-0.1, -0.05) is 13.3 Å². The van der Waals surface area contributed by atoms with E-state index in [0.29, 0.717) is 6.04 Å². The highest BCUT2D eigenvalue weighted by atomic mass is 16.4. The van der Waals surface area contributed by atoms with Gasteiger partial charge in [-0.2, -0.15) is 0 Å². The molecule has 0 aromatic rings. The Morgan fingerprint density at radius 1 is 1.28 bits per heavy atom. The van der Waals surface area contributed by atoms with E-state index in [-0.39, 0.29) is 0 Å². The van der Waals surface area contributed by atoms with Crippen LogP contribution in [0.15, 0.2) is 0 Å². The van der Waals surface area contributed by atoms with E-state index >= 15 is 0 Å². The van der Waals surface area contributed by atoms with Crippen LogP contribution in [0.4, 0.5) is 0 Å². The molecule has 0 aromatic heterocycles. The maximum absolute atomic E-state index is 11.0. The summed E-state index contributed by atoms with van der Waals surface area (Å²) >= 11 is 0. The molecule has 1 aliphatic heterocycles. The lowest BCUT2D eigenvalue weighted by Crippen LogP contribution is -2.41. The van der Waals surface area contributed by atoms with Crippen LogP contribution in [-0.2, 0) is 4.79 Å². The van der Waals surface area contributed by atoms with Crippen molar-refractivity contribution in [1.82, 2.24) is 4.90 Å². The maximum atomic E-state index is 11.0. The number of likely N-dealkylation sites (tertiary alicyclic amines) is 1. The summed E-state index contributed by atoms with van der Waals surface area (Å²) < 4.78 is 0. The van der Waals surface area contributed by atoms with E-state index in [0.717, 1.165) is 31.7 Å². The first-order valence-electron chi connectivity index (χ1n) is 7.30. The average Bonchev–Trinajstić information content (AvgIpc) is 2.28. The molecule has 1 aliphatic rings. The molecule has 0 spiro atoms. The molecule has 2 unspecified atom stereocenters. The van der Waals surface area contributed by atoms with Gasteiger partial charge >= 0.3 is 5.97 Å². The van der Waals surface area contributed by atoms with Gasteiger partial charge in [0.2, 0.25) is 0 Å².